The predicted molar refractivity (Wildman–Crippen MR) is 129 cm³/mol. The van der Waals surface area contributed by atoms with Crippen LogP contribution in [0.3, 0.4) is 0 Å². The molecule has 1 aliphatic rings. The fourth-order valence-electron chi connectivity index (χ4n) is 4.04. The first-order valence-electron chi connectivity index (χ1n) is 10.6. The Bertz CT molecular complexity index is 1150. The molecule has 1 N–H and O–H groups in total. The third kappa shape index (κ3) is 4.84. The number of anilines is 1. The van der Waals surface area contributed by atoms with E-state index in [1.807, 2.05) is 11.4 Å². The van der Waals surface area contributed by atoms with Crippen molar-refractivity contribution >= 4 is 35.0 Å². The van der Waals surface area contributed by atoms with E-state index in [4.69, 9.17) is 4.98 Å². The lowest BCUT2D eigenvalue weighted by Crippen LogP contribution is -2.28. The Balaban J connectivity index is 1.67. The largest absolute Gasteiger partial charge is 0.294 e. The number of thiophene rings is 1. The Morgan fingerprint density at radius 2 is 2.09 bits per heavy atom. The summed E-state index contributed by atoms with van der Waals surface area (Å²) in [5.74, 6) is 0.702. The van der Waals surface area contributed by atoms with E-state index in [9.17, 15) is 10.1 Å². The standard InChI is InChI=1S/C24H25N5OS2/c1-24(2,3)15-7-8-16-18(12-15)28-22(17(13-25)21(16)19-6-4-11-31-19)32-14-20(30)29-23-26-9-5-10-27-23/h4-6,9-11,15H,7-8,12,14H2,1-3H3,(H,26,27,29,30)/t15-/m0/s1. The number of amides is 1. The van der Waals surface area contributed by atoms with Crippen LogP contribution in [0.1, 0.15) is 44.0 Å². The van der Waals surface area contributed by atoms with Gasteiger partial charge in [-0.1, -0.05) is 38.6 Å². The maximum absolute atomic E-state index is 12.5. The van der Waals surface area contributed by atoms with Gasteiger partial charge < -0.3 is 0 Å². The van der Waals surface area contributed by atoms with Gasteiger partial charge >= 0.3 is 0 Å². The highest BCUT2D eigenvalue weighted by Gasteiger charge is 2.32. The van der Waals surface area contributed by atoms with Gasteiger partial charge in [0.05, 0.1) is 11.3 Å². The van der Waals surface area contributed by atoms with Crippen LogP contribution in [0, 0.1) is 22.7 Å². The van der Waals surface area contributed by atoms with Crippen LogP contribution in [0.25, 0.3) is 10.4 Å². The molecule has 0 fully saturated rings. The second-order valence-electron chi connectivity index (χ2n) is 8.90. The van der Waals surface area contributed by atoms with Crippen molar-refractivity contribution in [2.75, 3.05) is 11.1 Å². The molecule has 4 rings (SSSR count). The van der Waals surface area contributed by atoms with E-state index >= 15 is 0 Å². The van der Waals surface area contributed by atoms with Crippen LogP contribution >= 0.6 is 23.1 Å². The summed E-state index contributed by atoms with van der Waals surface area (Å²) in [6.45, 7) is 6.83. The van der Waals surface area contributed by atoms with Gasteiger partial charge in [0.15, 0.2) is 0 Å². The first-order chi connectivity index (χ1) is 15.4. The number of aromatic nitrogens is 3. The third-order valence-electron chi connectivity index (χ3n) is 5.79. The molecular weight excluding hydrogens is 438 g/mol. The smallest absolute Gasteiger partial charge is 0.237 e. The maximum Gasteiger partial charge on any atom is 0.237 e. The quantitative estimate of drug-likeness (QED) is 0.513. The van der Waals surface area contributed by atoms with Gasteiger partial charge in [-0.05, 0) is 53.7 Å². The van der Waals surface area contributed by atoms with Crippen molar-refractivity contribution in [3.8, 4) is 16.5 Å². The molecule has 0 unspecified atom stereocenters. The van der Waals surface area contributed by atoms with E-state index in [0.717, 1.165) is 35.4 Å². The zero-order valence-corrected chi connectivity index (χ0v) is 20.0. The number of nitrogens with zero attached hydrogens (tertiary/aromatic N) is 4. The molecule has 0 saturated heterocycles. The predicted octanol–water partition coefficient (Wildman–Crippen LogP) is 5.35. The van der Waals surface area contributed by atoms with E-state index in [-0.39, 0.29) is 23.0 Å². The summed E-state index contributed by atoms with van der Waals surface area (Å²) in [4.78, 5) is 26.5. The summed E-state index contributed by atoms with van der Waals surface area (Å²) >= 11 is 2.93. The van der Waals surface area contributed by atoms with Crippen molar-refractivity contribution in [2.45, 2.75) is 45.1 Å². The fraction of sp³-hybridized carbons (Fsp3) is 0.375. The topological polar surface area (TPSA) is 91.6 Å². The van der Waals surface area contributed by atoms with Crippen LogP contribution < -0.4 is 5.32 Å². The summed E-state index contributed by atoms with van der Waals surface area (Å²) in [5, 5.41) is 15.4. The van der Waals surface area contributed by atoms with Crippen molar-refractivity contribution in [3.05, 3.63) is 52.8 Å². The van der Waals surface area contributed by atoms with Gasteiger partial charge in [0.2, 0.25) is 11.9 Å². The van der Waals surface area contributed by atoms with Gasteiger partial charge in [0, 0.05) is 28.5 Å². The molecule has 0 bridgehead atoms. The monoisotopic (exact) mass is 463 g/mol. The third-order valence-corrected chi connectivity index (χ3v) is 7.66. The number of nitrogens with one attached hydrogen (secondary N) is 1. The molecule has 32 heavy (non-hydrogen) atoms. The number of thioether (sulfide) groups is 1. The maximum atomic E-state index is 12.5. The minimum absolute atomic E-state index is 0.130. The molecule has 3 aromatic rings. The van der Waals surface area contributed by atoms with Gasteiger partial charge in [0.1, 0.15) is 11.1 Å². The van der Waals surface area contributed by atoms with Gasteiger partial charge in [-0.15, -0.1) is 11.3 Å². The van der Waals surface area contributed by atoms with Crippen LogP contribution in [0.4, 0.5) is 5.95 Å². The highest BCUT2D eigenvalue weighted by molar-refractivity contribution is 8.00. The Labute approximate surface area is 196 Å². The lowest BCUT2D eigenvalue weighted by atomic mass is 9.71. The normalized spacial score (nSPS) is 15.6. The van der Waals surface area contributed by atoms with Crippen LogP contribution in [-0.4, -0.2) is 26.6 Å². The number of rotatable bonds is 5. The lowest BCUT2D eigenvalue weighted by molar-refractivity contribution is -0.113. The van der Waals surface area contributed by atoms with Crippen LogP contribution in [0.5, 0.6) is 0 Å². The molecule has 0 aromatic carbocycles. The zero-order valence-electron chi connectivity index (χ0n) is 18.4. The summed E-state index contributed by atoms with van der Waals surface area (Å²) in [7, 11) is 0. The van der Waals surface area contributed by atoms with E-state index in [0.29, 0.717) is 16.5 Å². The van der Waals surface area contributed by atoms with Gasteiger partial charge in [0.25, 0.3) is 0 Å². The summed E-state index contributed by atoms with van der Waals surface area (Å²) in [5.41, 5.74) is 4.01. The molecule has 164 valence electrons. The van der Waals surface area contributed by atoms with Crippen molar-refractivity contribution in [3.63, 3.8) is 0 Å². The Morgan fingerprint density at radius 1 is 1.31 bits per heavy atom. The van der Waals surface area contributed by atoms with Crippen molar-refractivity contribution in [1.29, 1.82) is 5.26 Å². The molecule has 0 spiro atoms. The van der Waals surface area contributed by atoms with Crippen molar-refractivity contribution in [1.82, 2.24) is 15.0 Å². The van der Waals surface area contributed by atoms with E-state index in [1.54, 1.807) is 29.8 Å². The highest BCUT2D eigenvalue weighted by atomic mass is 32.2. The molecule has 0 radical (unpaired) electrons. The molecule has 1 aliphatic carbocycles. The number of carbonyl (C=O) groups excluding carboxylic acids is 1. The van der Waals surface area contributed by atoms with E-state index in [1.165, 1.54) is 17.3 Å². The highest BCUT2D eigenvalue weighted by Crippen LogP contribution is 2.43. The zero-order chi connectivity index (χ0) is 22.7. The molecule has 6 nitrogen and oxygen atoms in total. The number of fused-ring (bicyclic) bond motifs is 1. The minimum Gasteiger partial charge on any atom is -0.294 e. The minimum atomic E-state index is -0.227. The van der Waals surface area contributed by atoms with Gasteiger partial charge in [-0.3, -0.25) is 10.1 Å². The number of carbonyl (C=O) groups is 1. The summed E-state index contributed by atoms with van der Waals surface area (Å²) in [6.07, 6.45) is 6.05. The van der Waals surface area contributed by atoms with E-state index in [2.05, 4.69) is 48.2 Å². The number of hydrogen-bond donors (Lipinski definition) is 1. The average Bonchev–Trinajstić information content (AvgIpc) is 3.30. The molecular formula is C24H25N5OS2. The van der Waals surface area contributed by atoms with Crippen molar-refractivity contribution < 1.29 is 4.79 Å². The molecule has 1 atom stereocenters. The number of hydrogen-bond acceptors (Lipinski definition) is 7. The first kappa shape index (κ1) is 22.4. The van der Waals surface area contributed by atoms with Crippen LogP contribution in [-0.2, 0) is 17.6 Å². The van der Waals surface area contributed by atoms with Crippen LogP contribution in [0.15, 0.2) is 41.0 Å². The Kier molecular flexibility index (Phi) is 6.58. The van der Waals surface area contributed by atoms with Crippen LogP contribution in [0.2, 0.25) is 0 Å². The van der Waals surface area contributed by atoms with E-state index < -0.39 is 0 Å². The molecule has 3 aromatic heterocycles. The summed E-state index contributed by atoms with van der Waals surface area (Å²) < 4.78 is 0. The fourth-order valence-corrected chi connectivity index (χ4v) is 5.65. The Hall–Kier alpha value is -2.76. The van der Waals surface area contributed by atoms with Gasteiger partial charge in [-0.2, -0.15) is 5.26 Å². The summed E-state index contributed by atoms with van der Waals surface area (Å²) in [6, 6.07) is 8.15. The molecule has 0 aliphatic heterocycles. The second-order valence-corrected chi connectivity index (χ2v) is 10.8. The Morgan fingerprint density at radius 3 is 2.75 bits per heavy atom. The molecule has 8 heteroatoms. The molecule has 3 heterocycles. The number of pyridine rings is 1. The lowest BCUT2D eigenvalue weighted by Gasteiger charge is -2.35. The molecule has 1 amide bonds. The second kappa shape index (κ2) is 9.39. The number of nitriles is 1. The molecule has 0 saturated carbocycles. The van der Waals surface area contributed by atoms with Crippen molar-refractivity contribution in [2.24, 2.45) is 11.3 Å². The average molecular weight is 464 g/mol. The first-order valence-corrected chi connectivity index (χ1v) is 12.4. The SMILES string of the molecule is CC(C)(C)[C@H]1CCc2c(nc(SCC(=O)Nc3ncccn3)c(C#N)c2-c2cccs2)C1. The van der Waals surface area contributed by atoms with Gasteiger partial charge in [-0.25, -0.2) is 15.0 Å².